The second kappa shape index (κ2) is 13.5. The third-order valence-electron chi connectivity index (χ3n) is 2.95. The molecule has 0 aromatic heterocycles. The van der Waals surface area contributed by atoms with Gasteiger partial charge < -0.3 is 18.9 Å². The third-order valence-corrected chi connectivity index (χ3v) is 2.95. The molecule has 0 radical (unpaired) electrons. The van der Waals surface area contributed by atoms with E-state index in [1.54, 1.807) is 0 Å². The molecule has 0 aliphatic rings. The summed E-state index contributed by atoms with van der Waals surface area (Å²) in [5.74, 6) is 0.699. The van der Waals surface area contributed by atoms with Crippen LogP contribution in [0.3, 0.4) is 0 Å². The minimum atomic E-state index is 0.339. The summed E-state index contributed by atoms with van der Waals surface area (Å²) in [6.45, 7) is 16.5. The Morgan fingerprint density at radius 1 is 0.619 bits per heavy atom. The molecule has 0 aliphatic carbocycles. The van der Waals surface area contributed by atoms with Gasteiger partial charge in [0.25, 0.3) is 0 Å². The Morgan fingerprint density at radius 3 is 1.38 bits per heavy atom. The van der Waals surface area contributed by atoms with E-state index in [4.69, 9.17) is 18.9 Å². The lowest BCUT2D eigenvalue weighted by Gasteiger charge is -2.17. The summed E-state index contributed by atoms with van der Waals surface area (Å²) in [6, 6.07) is 0. The van der Waals surface area contributed by atoms with E-state index in [-0.39, 0.29) is 0 Å². The summed E-state index contributed by atoms with van der Waals surface area (Å²) >= 11 is 0. The van der Waals surface area contributed by atoms with Crippen molar-refractivity contribution >= 4 is 0 Å². The van der Waals surface area contributed by atoms with E-state index in [1.807, 2.05) is 0 Å². The summed E-state index contributed by atoms with van der Waals surface area (Å²) in [5.41, 5.74) is 0.339. The SMILES string of the molecule is CC(C)CCOCCOCCOCCOCCC(C)(C)C. The molecule has 128 valence electrons. The highest BCUT2D eigenvalue weighted by Crippen LogP contribution is 2.17. The van der Waals surface area contributed by atoms with Crippen molar-refractivity contribution in [3.8, 4) is 0 Å². The molecule has 0 rings (SSSR count). The molecule has 0 aromatic carbocycles. The van der Waals surface area contributed by atoms with Crippen molar-refractivity contribution in [3.05, 3.63) is 0 Å². The fraction of sp³-hybridized carbons (Fsp3) is 1.00. The van der Waals surface area contributed by atoms with E-state index in [0.717, 1.165) is 26.1 Å². The van der Waals surface area contributed by atoms with Crippen LogP contribution in [0.5, 0.6) is 0 Å². The maximum absolute atomic E-state index is 5.52. The van der Waals surface area contributed by atoms with Crippen molar-refractivity contribution in [2.24, 2.45) is 11.3 Å². The van der Waals surface area contributed by atoms with Gasteiger partial charge in [0.15, 0.2) is 0 Å². The summed E-state index contributed by atoms with van der Waals surface area (Å²) in [7, 11) is 0. The van der Waals surface area contributed by atoms with Crippen LogP contribution in [0.25, 0.3) is 0 Å². The van der Waals surface area contributed by atoms with Crippen LogP contribution in [0.2, 0.25) is 0 Å². The van der Waals surface area contributed by atoms with Crippen LogP contribution in [-0.4, -0.2) is 52.9 Å². The van der Waals surface area contributed by atoms with Crippen molar-refractivity contribution in [1.29, 1.82) is 0 Å². The van der Waals surface area contributed by atoms with Crippen molar-refractivity contribution in [2.45, 2.75) is 47.5 Å². The van der Waals surface area contributed by atoms with E-state index >= 15 is 0 Å². The fourth-order valence-electron chi connectivity index (χ4n) is 1.46. The van der Waals surface area contributed by atoms with Gasteiger partial charge in [-0.15, -0.1) is 0 Å². The van der Waals surface area contributed by atoms with Gasteiger partial charge in [-0.1, -0.05) is 34.6 Å². The molecule has 0 saturated heterocycles. The Morgan fingerprint density at radius 2 is 1.00 bits per heavy atom. The molecule has 4 heteroatoms. The zero-order valence-corrected chi connectivity index (χ0v) is 14.8. The smallest absolute Gasteiger partial charge is 0.0701 e. The highest BCUT2D eigenvalue weighted by atomic mass is 16.6. The molecule has 0 atom stereocenters. The van der Waals surface area contributed by atoms with E-state index in [2.05, 4.69) is 34.6 Å². The number of hydrogen-bond acceptors (Lipinski definition) is 4. The van der Waals surface area contributed by atoms with Gasteiger partial charge in [-0.2, -0.15) is 0 Å². The highest BCUT2D eigenvalue weighted by Gasteiger charge is 2.08. The molecule has 4 nitrogen and oxygen atoms in total. The van der Waals surface area contributed by atoms with Crippen LogP contribution < -0.4 is 0 Å². The number of ether oxygens (including phenoxy) is 4. The lowest BCUT2D eigenvalue weighted by molar-refractivity contribution is -0.00486. The first-order valence-corrected chi connectivity index (χ1v) is 8.23. The van der Waals surface area contributed by atoms with Gasteiger partial charge in [0, 0.05) is 13.2 Å². The molecule has 0 bridgehead atoms. The van der Waals surface area contributed by atoms with Gasteiger partial charge in [0.1, 0.15) is 0 Å². The Labute approximate surface area is 131 Å². The third kappa shape index (κ3) is 19.8. The largest absolute Gasteiger partial charge is 0.379 e. The molecule has 0 heterocycles. The Bertz CT molecular complexity index is 211. The number of hydrogen-bond donors (Lipinski definition) is 0. The molecule has 0 fully saturated rings. The van der Waals surface area contributed by atoms with E-state index in [9.17, 15) is 0 Å². The van der Waals surface area contributed by atoms with Crippen LogP contribution >= 0.6 is 0 Å². The van der Waals surface area contributed by atoms with E-state index in [1.165, 1.54) is 0 Å². The lowest BCUT2D eigenvalue weighted by atomic mass is 9.93. The molecule has 0 saturated carbocycles. The Hall–Kier alpha value is -0.160. The monoisotopic (exact) mass is 304 g/mol. The van der Waals surface area contributed by atoms with Crippen molar-refractivity contribution < 1.29 is 18.9 Å². The van der Waals surface area contributed by atoms with Gasteiger partial charge >= 0.3 is 0 Å². The van der Waals surface area contributed by atoms with Gasteiger partial charge in [-0.25, -0.2) is 0 Å². The van der Waals surface area contributed by atoms with Crippen LogP contribution in [0.1, 0.15) is 47.5 Å². The maximum atomic E-state index is 5.52. The molecule has 0 aromatic rings. The first-order valence-electron chi connectivity index (χ1n) is 8.23. The van der Waals surface area contributed by atoms with E-state index in [0.29, 0.717) is 51.0 Å². The van der Waals surface area contributed by atoms with Crippen LogP contribution in [0.4, 0.5) is 0 Å². The summed E-state index contributed by atoms with van der Waals surface area (Å²) in [6.07, 6.45) is 2.19. The van der Waals surface area contributed by atoms with Crippen molar-refractivity contribution in [3.63, 3.8) is 0 Å². The summed E-state index contributed by atoms with van der Waals surface area (Å²) in [4.78, 5) is 0. The predicted octanol–water partition coefficient (Wildman–Crippen LogP) is 3.54. The Balaban J connectivity index is 3.03. The van der Waals surface area contributed by atoms with Gasteiger partial charge in [0.2, 0.25) is 0 Å². The highest BCUT2D eigenvalue weighted by molar-refractivity contribution is 4.59. The minimum absolute atomic E-state index is 0.339. The zero-order valence-electron chi connectivity index (χ0n) is 14.8. The normalized spacial score (nSPS) is 12.3. The predicted molar refractivity (Wildman–Crippen MR) is 86.8 cm³/mol. The van der Waals surface area contributed by atoms with Crippen LogP contribution in [-0.2, 0) is 18.9 Å². The first kappa shape index (κ1) is 20.8. The van der Waals surface area contributed by atoms with Gasteiger partial charge in [0.05, 0.1) is 39.6 Å². The standard InChI is InChI=1S/C17H36O4/c1-16(2)6-8-18-10-12-20-14-15-21-13-11-19-9-7-17(3,4)5/h16H,6-15H2,1-5H3. The lowest BCUT2D eigenvalue weighted by Crippen LogP contribution is -2.14. The molecular weight excluding hydrogens is 268 g/mol. The summed E-state index contributed by atoms with van der Waals surface area (Å²) in [5, 5.41) is 0. The molecule has 0 aliphatic heterocycles. The molecule has 0 N–H and O–H groups in total. The molecule has 21 heavy (non-hydrogen) atoms. The van der Waals surface area contributed by atoms with Crippen molar-refractivity contribution in [1.82, 2.24) is 0 Å². The fourth-order valence-corrected chi connectivity index (χ4v) is 1.46. The van der Waals surface area contributed by atoms with E-state index < -0.39 is 0 Å². The zero-order chi connectivity index (χ0) is 16.0. The summed E-state index contributed by atoms with van der Waals surface area (Å²) < 4.78 is 21.8. The average molecular weight is 304 g/mol. The number of rotatable bonds is 14. The van der Waals surface area contributed by atoms with Gasteiger partial charge in [-0.05, 0) is 24.2 Å². The maximum Gasteiger partial charge on any atom is 0.0701 e. The Kier molecular flexibility index (Phi) is 13.4. The molecular formula is C17H36O4. The quantitative estimate of drug-likeness (QED) is 0.460. The second-order valence-electron chi connectivity index (χ2n) is 6.94. The first-order chi connectivity index (χ1) is 9.92. The average Bonchev–Trinajstić information content (AvgIpc) is 2.37. The van der Waals surface area contributed by atoms with Gasteiger partial charge in [-0.3, -0.25) is 0 Å². The molecule has 0 unspecified atom stereocenters. The van der Waals surface area contributed by atoms with Crippen LogP contribution in [0.15, 0.2) is 0 Å². The second-order valence-corrected chi connectivity index (χ2v) is 6.94. The minimum Gasteiger partial charge on any atom is -0.379 e. The topological polar surface area (TPSA) is 36.9 Å². The van der Waals surface area contributed by atoms with Crippen LogP contribution in [0, 0.1) is 11.3 Å². The molecule has 0 spiro atoms. The molecule has 0 amide bonds. The van der Waals surface area contributed by atoms with Crippen molar-refractivity contribution in [2.75, 3.05) is 52.9 Å².